The Labute approximate surface area is 123 Å². The number of alkyl halides is 1. The molecule has 3 nitrogen and oxygen atoms in total. The molecular weight excluding hydrogens is 390 g/mol. The van der Waals surface area contributed by atoms with Crippen LogP contribution in [0.15, 0.2) is 14.7 Å². The van der Waals surface area contributed by atoms with Crippen molar-refractivity contribution in [2.45, 2.75) is 36.4 Å². The molecule has 0 aliphatic heterocycles. The molecule has 1 rings (SSSR count). The minimum Gasteiger partial charge on any atom is -0.211 e. The Kier molecular flexibility index (Phi) is 6.12. The van der Waals surface area contributed by atoms with Gasteiger partial charge < -0.3 is 0 Å². The second kappa shape index (κ2) is 6.65. The van der Waals surface area contributed by atoms with E-state index in [9.17, 15) is 8.42 Å². The second-order valence-electron chi connectivity index (χ2n) is 3.66. The molecule has 0 radical (unpaired) electrons. The number of nitrogens with one attached hydrogen (secondary N) is 1. The van der Waals surface area contributed by atoms with E-state index in [0.29, 0.717) is 16.3 Å². The number of rotatable bonds is 6. The van der Waals surface area contributed by atoms with Crippen LogP contribution >= 0.6 is 43.2 Å². The maximum absolute atomic E-state index is 12.0. The van der Waals surface area contributed by atoms with Crippen LogP contribution in [0.1, 0.15) is 24.6 Å². The van der Waals surface area contributed by atoms with E-state index in [1.165, 1.54) is 11.3 Å². The third-order valence-electron chi connectivity index (χ3n) is 2.32. The highest BCUT2D eigenvalue weighted by molar-refractivity contribution is 9.11. The molecule has 1 atom stereocenters. The van der Waals surface area contributed by atoms with E-state index in [-0.39, 0.29) is 0 Å². The number of hydrogen-bond acceptors (Lipinski definition) is 3. The van der Waals surface area contributed by atoms with Gasteiger partial charge in [-0.1, -0.05) is 22.9 Å². The van der Waals surface area contributed by atoms with Crippen LogP contribution in [-0.2, 0) is 10.0 Å². The first-order valence-electron chi connectivity index (χ1n) is 5.26. The SMILES string of the molecule is CCC(Br)CCNS(=O)(=O)c1cc(Br)sc1C. The highest BCUT2D eigenvalue weighted by Crippen LogP contribution is 2.29. The smallest absolute Gasteiger partial charge is 0.211 e. The fourth-order valence-corrected chi connectivity index (χ4v) is 5.02. The normalized spacial score (nSPS) is 13.9. The van der Waals surface area contributed by atoms with Crippen molar-refractivity contribution < 1.29 is 8.42 Å². The van der Waals surface area contributed by atoms with Crippen molar-refractivity contribution in [1.29, 1.82) is 0 Å². The summed E-state index contributed by atoms with van der Waals surface area (Å²) in [4.78, 5) is 1.53. The summed E-state index contributed by atoms with van der Waals surface area (Å²) in [5, 5.41) is 0. The Morgan fingerprint density at radius 2 is 2.18 bits per heavy atom. The summed E-state index contributed by atoms with van der Waals surface area (Å²) in [6.07, 6.45) is 1.78. The zero-order valence-corrected chi connectivity index (χ0v) is 14.5. The molecule has 1 aromatic rings. The van der Waals surface area contributed by atoms with E-state index in [1.54, 1.807) is 6.07 Å². The van der Waals surface area contributed by atoms with Crippen LogP contribution in [0.5, 0.6) is 0 Å². The molecule has 0 aliphatic carbocycles. The van der Waals surface area contributed by atoms with Crippen LogP contribution in [0.2, 0.25) is 0 Å². The lowest BCUT2D eigenvalue weighted by Gasteiger charge is -2.08. The third kappa shape index (κ3) is 4.63. The fourth-order valence-electron chi connectivity index (χ4n) is 1.33. The van der Waals surface area contributed by atoms with Gasteiger partial charge in [-0.15, -0.1) is 11.3 Å². The lowest BCUT2D eigenvalue weighted by atomic mass is 10.2. The number of halogens is 2. The highest BCUT2D eigenvalue weighted by atomic mass is 79.9. The lowest BCUT2D eigenvalue weighted by Crippen LogP contribution is -2.26. The molecule has 0 saturated carbocycles. The molecule has 0 aliphatic rings. The van der Waals surface area contributed by atoms with Gasteiger partial charge in [-0.2, -0.15) is 0 Å². The van der Waals surface area contributed by atoms with Crippen molar-refractivity contribution in [2.24, 2.45) is 0 Å². The van der Waals surface area contributed by atoms with E-state index >= 15 is 0 Å². The number of aryl methyl sites for hydroxylation is 1. The zero-order chi connectivity index (χ0) is 13.1. The molecule has 7 heteroatoms. The van der Waals surface area contributed by atoms with E-state index in [2.05, 4.69) is 43.5 Å². The average molecular weight is 405 g/mol. The maximum atomic E-state index is 12.0. The zero-order valence-electron chi connectivity index (χ0n) is 9.66. The molecule has 17 heavy (non-hydrogen) atoms. The van der Waals surface area contributed by atoms with E-state index < -0.39 is 10.0 Å². The minimum absolute atomic E-state index is 0.362. The standard InChI is InChI=1S/C10H15Br2NO2S2/c1-3-8(11)4-5-13-17(14,15)9-6-10(12)16-7(9)2/h6,8,13H,3-5H2,1-2H3. The highest BCUT2D eigenvalue weighted by Gasteiger charge is 2.19. The average Bonchev–Trinajstić information content (AvgIpc) is 2.58. The van der Waals surface area contributed by atoms with Gasteiger partial charge in [0, 0.05) is 16.2 Å². The van der Waals surface area contributed by atoms with Gasteiger partial charge in [0.2, 0.25) is 10.0 Å². The summed E-state index contributed by atoms with van der Waals surface area (Å²) >= 11 is 8.20. The van der Waals surface area contributed by atoms with Gasteiger partial charge in [0.05, 0.1) is 8.68 Å². The molecule has 1 N–H and O–H groups in total. The Bertz CT molecular complexity index is 471. The molecule has 0 fully saturated rings. The van der Waals surface area contributed by atoms with Gasteiger partial charge in [-0.25, -0.2) is 13.1 Å². The number of thiophene rings is 1. The van der Waals surface area contributed by atoms with Gasteiger partial charge in [0.1, 0.15) is 0 Å². The van der Waals surface area contributed by atoms with Crippen molar-refractivity contribution in [3.05, 3.63) is 14.7 Å². The largest absolute Gasteiger partial charge is 0.241 e. The van der Waals surface area contributed by atoms with Gasteiger partial charge >= 0.3 is 0 Å². The van der Waals surface area contributed by atoms with Crippen molar-refractivity contribution in [3.8, 4) is 0 Å². The summed E-state index contributed by atoms with van der Waals surface area (Å²) in [6.45, 7) is 4.33. The minimum atomic E-state index is -3.36. The van der Waals surface area contributed by atoms with Gasteiger partial charge in [-0.05, 0) is 41.8 Å². The second-order valence-corrected chi connectivity index (χ2v) is 9.33. The molecule has 98 valence electrons. The molecule has 0 spiro atoms. The van der Waals surface area contributed by atoms with Crippen LogP contribution in [0, 0.1) is 6.92 Å². The van der Waals surface area contributed by atoms with Crippen LogP contribution in [0.25, 0.3) is 0 Å². The maximum Gasteiger partial charge on any atom is 0.241 e. The van der Waals surface area contributed by atoms with E-state index in [1.807, 2.05) is 6.92 Å². The van der Waals surface area contributed by atoms with E-state index in [0.717, 1.165) is 21.5 Å². The Morgan fingerprint density at radius 3 is 2.65 bits per heavy atom. The number of hydrogen-bond donors (Lipinski definition) is 1. The van der Waals surface area contributed by atoms with E-state index in [4.69, 9.17) is 0 Å². The molecular formula is C10H15Br2NO2S2. The van der Waals surface area contributed by atoms with Crippen LogP contribution < -0.4 is 4.72 Å². The summed E-state index contributed by atoms with van der Waals surface area (Å²) in [7, 11) is -3.36. The molecule has 1 heterocycles. The van der Waals surface area contributed by atoms with Crippen molar-refractivity contribution in [2.75, 3.05) is 6.54 Å². The van der Waals surface area contributed by atoms with Crippen LogP contribution in [0.4, 0.5) is 0 Å². The van der Waals surface area contributed by atoms with Gasteiger partial charge in [0.15, 0.2) is 0 Å². The summed E-state index contributed by atoms with van der Waals surface area (Å²) in [6, 6.07) is 1.65. The first-order valence-corrected chi connectivity index (χ1v) is 9.27. The summed E-state index contributed by atoms with van der Waals surface area (Å²) in [5.74, 6) is 0. The Hall–Kier alpha value is 0.570. The molecule has 0 amide bonds. The van der Waals surface area contributed by atoms with Gasteiger partial charge in [-0.3, -0.25) is 0 Å². The summed E-state index contributed by atoms with van der Waals surface area (Å²) in [5.41, 5.74) is 0. The molecule has 1 unspecified atom stereocenters. The Morgan fingerprint density at radius 1 is 1.53 bits per heavy atom. The monoisotopic (exact) mass is 403 g/mol. The van der Waals surface area contributed by atoms with Crippen molar-refractivity contribution in [1.82, 2.24) is 4.72 Å². The third-order valence-corrected chi connectivity index (χ3v) is 6.70. The van der Waals surface area contributed by atoms with Crippen molar-refractivity contribution >= 4 is 53.2 Å². The van der Waals surface area contributed by atoms with Crippen molar-refractivity contribution in [3.63, 3.8) is 0 Å². The lowest BCUT2D eigenvalue weighted by molar-refractivity contribution is 0.577. The molecule has 1 aromatic heterocycles. The predicted octanol–water partition coefficient (Wildman–Crippen LogP) is 3.66. The molecule has 0 aromatic carbocycles. The molecule has 0 saturated heterocycles. The first-order chi connectivity index (χ1) is 7.86. The number of sulfonamides is 1. The first kappa shape index (κ1) is 15.6. The summed E-state index contributed by atoms with van der Waals surface area (Å²) < 4.78 is 27.4. The Balaban J connectivity index is 2.66. The predicted molar refractivity (Wildman–Crippen MR) is 79.6 cm³/mol. The topological polar surface area (TPSA) is 46.2 Å². The fraction of sp³-hybridized carbons (Fsp3) is 0.600. The quantitative estimate of drug-likeness (QED) is 0.735. The van der Waals surface area contributed by atoms with Crippen LogP contribution in [-0.4, -0.2) is 19.8 Å². The van der Waals surface area contributed by atoms with Gasteiger partial charge in [0.25, 0.3) is 0 Å². The van der Waals surface area contributed by atoms with Crippen LogP contribution in [0.3, 0.4) is 0 Å². The molecule has 0 bridgehead atoms.